The van der Waals surface area contributed by atoms with Crippen molar-refractivity contribution in [2.24, 2.45) is 0 Å². The van der Waals surface area contributed by atoms with E-state index in [9.17, 15) is 19.5 Å². The summed E-state index contributed by atoms with van der Waals surface area (Å²) >= 11 is 6.60. The van der Waals surface area contributed by atoms with E-state index < -0.39 is 17.8 Å². The van der Waals surface area contributed by atoms with Gasteiger partial charge >= 0.3 is 6.03 Å². The maximum absolute atomic E-state index is 13.0. The smallest absolute Gasteiger partial charge is 0.335 e. The molecule has 2 aromatic carbocycles. The van der Waals surface area contributed by atoms with E-state index in [0.717, 1.165) is 14.9 Å². The Balaban J connectivity index is 2.05. The van der Waals surface area contributed by atoms with Gasteiger partial charge in [0.05, 0.1) is 16.8 Å². The number of aryl methyl sites for hydroxylation is 1. The van der Waals surface area contributed by atoms with E-state index in [4.69, 9.17) is 4.74 Å². The normalized spacial score (nSPS) is 15.7. The lowest BCUT2D eigenvalue weighted by atomic mass is 10.1. The van der Waals surface area contributed by atoms with Gasteiger partial charge in [-0.05, 0) is 77.3 Å². The number of halogens is 2. The molecule has 0 aliphatic carbocycles. The van der Waals surface area contributed by atoms with Crippen LogP contribution in [0.4, 0.5) is 10.5 Å². The molecule has 2 N–H and O–H groups in total. The Hall–Kier alpha value is -2.65. The van der Waals surface area contributed by atoms with Gasteiger partial charge in [0.25, 0.3) is 11.8 Å². The predicted molar refractivity (Wildman–Crippen MR) is 115 cm³/mol. The van der Waals surface area contributed by atoms with Crippen LogP contribution in [0.2, 0.25) is 0 Å². The number of aromatic hydroxyl groups is 1. The van der Waals surface area contributed by atoms with Crippen LogP contribution in [-0.4, -0.2) is 29.6 Å². The lowest BCUT2D eigenvalue weighted by Crippen LogP contribution is -2.54. The summed E-state index contributed by atoms with van der Waals surface area (Å²) in [5, 5.41) is 12.2. The Bertz CT molecular complexity index is 1070. The Kier molecular flexibility index (Phi) is 6.09. The van der Waals surface area contributed by atoms with E-state index in [1.54, 1.807) is 25.1 Å². The SMILES string of the molecule is CCOc1cc(/C=C2\C(=O)NC(=O)N(c3ccc(Br)c(C)c3)C2=O)cc(Br)c1O. The number of ether oxygens (including phenoxy) is 1. The summed E-state index contributed by atoms with van der Waals surface area (Å²) in [7, 11) is 0. The van der Waals surface area contributed by atoms with Crippen LogP contribution in [0.5, 0.6) is 11.5 Å². The predicted octanol–water partition coefficient (Wildman–Crippen LogP) is 4.29. The van der Waals surface area contributed by atoms with Gasteiger partial charge in [-0.15, -0.1) is 0 Å². The molecule has 0 saturated carbocycles. The van der Waals surface area contributed by atoms with E-state index in [2.05, 4.69) is 37.2 Å². The van der Waals surface area contributed by atoms with Crippen molar-refractivity contribution in [2.45, 2.75) is 13.8 Å². The van der Waals surface area contributed by atoms with E-state index in [-0.39, 0.29) is 17.1 Å². The Morgan fingerprint density at radius 1 is 1.14 bits per heavy atom. The largest absolute Gasteiger partial charge is 0.503 e. The monoisotopic (exact) mass is 522 g/mol. The molecule has 1 saturated heterocycles. The summed E-state index contributed by atoms with van der Waals surface area (Å²) < 4.78 is 6.54. The molecular weight excluding hydrogens is 508 g/mol. The van der Waals surface area contributed by atoms with Crippen molar-refractivity contribution in [2.75, 3.05) is 11.5 Å². The number of nitrogens with one attached hydrogen (secondary N) is 1. The molecular formula is C20H16Br2N2O5. The zero-order chi connectivity index (χ0) is 21.3. The average Bonchev–Trinajstić information content (AvgIpc) is 2.65. The fourth-order valence-electron chi connectivity index (χ4n) is 2.77. The first-order chi connectivity index (χ1) is 13.7. The highest BCUT2D eigenvalue weighted by molar-refractivity contribution is 9.10. The summed E-state index contributed by atoms with van der Waals surface area (Å²) in [6.07, 6.45) is 1.34. The molecule has 2 aromatic rings. The molecule has 4 amide bonds. The van der Waals surface area contributed by atoms with Gasteiger partial charge in [-0.3, -0.25) is 14.9 Å². The van der Waals surface area contributed by atoms with Crippen LogP contribution >= 0.6 is 31.9 Å². The summed E-state index contributed by atoms with van der Waals surface area (Å²) in [6.45, 7) is 3.91. The number of benzene rings is 2. The zero-order valence-corrected chi connectivity index (χ0v) is 18.6. The number of anilines is 1. The Morgan fingerprint density at radius 3 is 2.52 bits per heavy atom. The first kappa shape index (κ1) is 21.1. The van der Waals surface area contributed by atoms with E-state index in [1.807, 2.05) is 6.92 Å². The number of carbonyl (C=O) groups excluding carboxylic acids is 3. The molecule has 29 heavy (non-hydrogen) atoms. The molecule has 0 atom stereocenters. The third-order valence-electron chi connectivity index (χ3n) is 4.16. The minimum atomic E-state index is -0.819. The minimum absolute atomic E-state index is 0.0874. The minimum Gasteiger partial charge on any atom is -0.503 e. The van der Waals surface area contributed by atoms with Gasteiger partial charge in [0, 0.05) is 4.47 Å². The quantitative estimate of drug-likeness (QED) is 0.460. The number of imide groups is 2. The number of phenols is 1. The first-order valence-electron chi connectivity index (χ1n) is 8.55. The number of rotatable bonds is 4. The molecule has 0 unspecified atom stereocenters. The highest BCUT2D eigenvalue weighted by Crippen LogP contribution is 2.36. The maximum atomic E-state index is 13.0. The van der Waals surface area contributed by atoms with Gasteiger partial charge in [0.15, 0.2) is 11.5 Å². The van der Waals surface area contributed by atoms with Gasteiger partial charge in [-0.25, -0.2) is 9.69 Å². The van der Waals surface area contributed by atoms with Gasteiger partial charge in [-0.2, -0.15) is 0 Å². The van der Waals surface area contributed by atoms with Gasteiger partial charge in [0.1, 0.15) is 5.57 Å². The number of amides is 4. The van der Waals surface area contributed by atoms with Crippen LogP contribution < -0.4 is 15.0 Å². The summed E-state index contributed by atoms with van der Waals surface area (Å²) in [6, 6.07) is 7.21. The summed E-state index contributed by atoms with van der Waals surface area (Å²) in [5.74, 6) is -1.43. The molecule has 0 spiro atoms. The number of nitrogens with zero attached hydrogens (tertiary/aromatic N) is 1. The molecule has 9 heteroatoms. The van der Waals surface area contributed by atoms with Crippen molar-refractivity contribution in [3.63, 3.8) is 0 Å². The van der Waals surface area contributed by atoms with Gasteiger partial charge in [0.2, 0.25) is 0 Å². The lowest BCUT2D eigenvalue weighted by Gasteiger charge is -2.26. The number of hydrogen-bond acceptors (Lipinski definition) is 5. The van der Waals surface area contributed by atoms with Crippen LogP contribution in [0, 0.1) is 6.92 Å². The molecule has 0 radical (unpaired) electrons. The summed E-state index contributed by atoms with van der Waals surface area (Å²) in [4.78, 5) is 38.5. The van der Waals surface area contributed by atoms with Crippen molar-refractivity contribution in [1.82, 2.24) is 5.32 Å². The number of hydrogen-bond donors (Lipinski definition) is 2. The second-order valence-electron chi connectivity index (χ2n) is 6.17. The third kappa shape index (κ3) is 4.20. The second-order valence-corrected chi connectivity index (χ2v) is 7.88. The third-order valence-corrected chi connectivity index (χ3v) is 5.66. The van der Waals surface area contributed by atoms with E-state index in [1.165, 1.54) is 18.2 Å². The van der Waals surface area contributed by atoms with Crippen LogP contribution in [0.25, 0.3) is 6.08 Å². The van der Waals surface area contributed by atoms with Crippen molar-refractivity contribution < 1.29 is 24.2 Å². The first-order valence-corrected chi connectivity index (χ1v) is 10.1. The van der Waals surface area contributed by atoms with E-state index >= 15 is 0 Å². The maximum Gasteiger partial charge on any atom is 0.335 e. The molecule has 3 rings (SSSR count). The summed E-state index contributed by atoms with van der Waals surface area (Å²) in [5.41, 5.74) is 1.39. The van der Waals surface area contributed by atoms with E-state index in [0.29, 0.717) is 22.3 Å². The zero-order valence-electron chi connectivity index (χ0n) is 15.5. The van der Waals surface area contributed by atoms with Crippen LogP contribution in [0.15, 0.2) is 44.9 Å². The highest BCUT2D eigenvalue weighted by Gasteiger charge is 2.37. The standard InChI is InChI=1S/C20H16Br2N2O5/c1-3-29-16-9-11(8-15(22)17(16)25)7-13-18(26)23-20(28)24(19(13)27)12-4-5-14(21)10(2)6-12/h4-9,25H,3H2,1-2H3,(H,23,26,28)/b13-7+. The Morgan fingerprint density at radius 2 is 1.86 bits per heavy atom. The molecule has 1 heterocycles. The van der Waals surface area contributed by atoms with Crippen molar-refractivity contribution >= 4 is 61.5 Å². The van der Waals surface area contributed by atoms with Crippen molar-refractivity contribution in [1.29, 1.82) is 0 Å². The van der Waals surface area contributed by atoms with Gasteiger partial charge in [-0.1, -0.05) is 15.9 Å². The lowest BCUT2D eigenvalue weighted by molar-refractivity contribution is -0.122. The number of phenolic OH excluding ortho intramolecular Hbond substituents is 1. The van der Waals surface area contributed by atoms with Crippen molar-refractivity contribution in [3.05, 3.63) is 56.0 Å². The topological polar surface area (TPSA) is 95.9 Å². The number of urea groups is 1. The number of carbonyl (C=O) groups is 3. The molecule has 1 aliphatic heterocycles. The fourth-order valence-corrected chi connectivity index (χ4v) is 3.48. The van der Waals surface area contributed by atoms with Crippen molar-refractivity contribution in [3.8, 4) is 11.5 Å². The number of barbiturate groups is 1. The second kappa shape index (κ2) is 8.38. The molecule has 0 aromatic heterocycles. The Labute approximate surface area is 183 Å². The molecule has 1 fully saturated rings. The fraction of sp³-hybridized carbons (Fsp3) is 0.150. The van der Waals surface area contributed by atoms with Crippen LogP contribution in [-0.2, 0) is 9.59 Å². The van der Waals surface area contributed by atoms with Gasteiger partial charge < -0.3 is 9.84 Å². The molecule has 150 valence electrons. The molecule has 7 nitrogen and oxygen atoms in total. The molecule has 1 aliphatic rings. The molecule has 0 bridgehead atoms. The van der Waals surface area contributed by atoms with Crippen LogP contribution in [0.1, 0.15) is 18.1 Å². The van der Waals surface area contributed by atoms with Crippen LogP contribution in [0.3, 0.4) is 0 Å². The highest BCUT2D eigenvalue weighted by atomic mass is 79.9. The average molecular weight is 524 g/mol.